The zero-order valence-electron chi connectivity index (χ0n) is 8.34. The lowest BCUT2D eigenvalue weighted by molar-refractivity contribution is 0.151. The third-order valence-corrected chi connectivity index (χ3v) is 2.29. The van der Waals surface area contributed by atoms with Crippen molar-refractivity contribution in [1.29, 1.82) is 0 Å². The van der Waals surface area contributed by atoms with Gasteiger partial charge >= 0.3 is 0 Å². The van der Waals surface area contributed by atoms with Gasteiger partial charge in [0.2, 0.25) is 0 Å². The molecule has 0 aliphatic carbocycles. The molecule has 0 fully saturated rings. The van der Waals surface area contributed by atoms with Crippen LogP contribution in [0.25, 0.3) is 11.2 Å². The molecule has 2 aromatic rings. The topological polar surface area (TPSA) is 83.8 Å². The summed E-state index contributed by atoms with van der Waals surface area (Å²) in [5, 5.41) is 9.50. The van der Waals surface area contributed by atoms with Crippen LogP contribution in [0.3, 0.4) is 0 Å². The first kappa shape index (κ1) is 9.85. The van der Waals surface area contributed by atoms with Crippen molar-refractivity contribution in [2.24, 2.45) is 0 Å². The van der Waals surface area contributed by atoms with Gasteiger partial charge in [0, 0.05) is 0 Å². The molecule has 0 bridgehead atoms. The monoisotopic (exact) mass is 208 g/mol. The predicted octanol–water partition coefficient (Wildman–Crippen LogP) is -0.110. The summed E-state index contributed by atoms with van der Waals surface area (Å²) in [6.07, 6.45) is 3.07. The van der Waals surface area contributed by atoms with Gasteiger partial charge < -0.3 is 14.7 Å². The van der Waals surface area contributed by atoms with Gasteiger partial charge in [-0.25, -0.2) is 9.97 Å². The molecule has 80 valence electrons. The first-order valence-electron chi connectivity index (χ1n) is 4.79. The molecule has 0 radical (unpaired) electrons. The lowest BCUT2D eigenvalue weighted by atomic mass is 10.3. The highest BCUT2D eigenvalue weighted by Crippen LogP contribution is 2.05. The zero-order chi connectivity index (χ0) is 10.8. The number of hydrogen-bond donors (Lipinski definition) is 2. The second-order valence-electron chi connectivity index (χ2n) is 3.36. The lowest BCUT2D eigenvalue weighted by Crippen LogP contribution is -2.15. The van der Waals surface area contributed by atoms with Crippen LogP contribution in [-0.4, -0.2) is 30.7 Å². The molecule has 0 spiro atoms. The molecule has 15 heavy (non-hydrogen) atoms. The van der Waals surface area contributed by atoms with Gasteiger partial charge in [0.25, 0.3) is 5.56 Å². The minimum Gasteiger partial charge on any atom is -0.391 e. The Labute approximate surface area is 85.6 Å². The van der Waals surface area contributed by atoms with Gasteiger partial charge in [-0.2, -0.15) is 0 Å². The van der Waals surface area contributed by atoms with E-state index in [1.54, 1.807) is 4.57 Å². The van der Waals surface area contributed by atoms with Crippen molar-refractivity contribution in [3.05, 3.63) is 23.0 Å². The molecule has 0 aromatic carbocycles. The van der Waals surface area contributed by atoms with E-state index in [2.05, 4.69) is 15.0 Å². The Bertz CT molecular complexity index is 516. The minimum atomic E-state index is -0.441. The third-order valence-electron chi connectivity index (χ3n) is 2.29. The Morgan fingerprint density at radius 3 is 3.13 bits per heavy atom. The molecule has 2 N–H and O–H groups in total. The smallest absolute Gasteiger partial charge is 0.278 e. The fourth-order valence-electron chi connectivity index (χ4n) is 1.38. The van der Waals surface area contributed by atoms with E-state index in [1.165, 1.54) is 12.7 Å². The van der Waals surface area contributed by atoms with Crippen molar-refractivity contribution < 1.29 is 5.11 Å². The van der Waals surface area contributed by atoms with E-state index < -0.39 is 6.10 Å². The SMILES string of the molecule is CC[C@@H](O)Cn1cnc2c(=O)[nH]cnc21. The number of fused-ring (bicyclic) bond motifs is 1. The zero-order valence-corrected chi connectivity index (χ0v) is 8.34. The van der Waals surface area contributed by atoms with E-state index >= 15 is 0 Å². The summed E-state index contributed by atoms with van der Waals surface area (Å²) in [7, 11) is 0. The van der Waals surface area contributed by atoms with Gasteiger partial charge in [0.15, 0.2) is 11.2 Å². The Morgan fingerprint density at radius 2 is 2.40 bits per heavy atom. The van der Waals surface area contributed by atoms with Crippen LogP contribution < -0.4 is 5.56 Å². The molecule has 0 unspecified atom stereocenters. The number of nitrogens with one attached hydrogen (secondary N) is 1. The number of aliphatic hydroxyl groups excluding tert-OH is 1. The van der Waals surface area contributed by atoms with Crippen molar-refractivity contribution in [2.75, 3.05) is 0 Å². The summed E-state index contributed by atoms with van der Waals surface area (Å²) < 4.78 is 1.68. The molecule has 0 saturated heterocycles. The summed E-state index contributed by atoms with van der Waals surface area (Å²) in [4.78, 5) is 21.7. The van der Waals surface area contributed by atoms with E-state index in [0.717, 1.165) is 0 Å². The number of hydrogen-bond acceptors (Lipinski definition) is 4. The number of H-pyrrole nitrogens is 1. The number of aliphatic hydroxyl groups is 1. The number of rotatable bonds is 3. The average Bonchev–Trinajstić information content (AvgIpc) is 2.63. The summed E-state index contributed by atoms with van der Waals surface area (Å²) in [5.41, 5.74) is 0.553. The third kappa shape index (κ3) is 1.75. The Balaban J connectivity index is 2.45. The average molecular weight is 208 g/mol. The summed E-state index contributed by atoms with van der Waals surface area (Å²) in [5.74, 6) is 0. The van der Waals surface area contributed by atoms with Gasteiger partial charge in [-0.3, -0.25) is 4.79 Å². The highest BCUT2D eigenvalue weighted by Gasteiger charge is 2.09. The number of imidazole rings is 1. The van der Waals surface area contributed by atoms with Crippen LogP contribution in [0.4, 0.5) is 0 Å². The van der Waals surface area contributed by atoms with Gasteiger partial charge in [0.1, 0.15) is 0 Å². The van der Waals surface area contributed by atoms with Crippen molar-refractivity contribution >= 4 is 11.2 Å². The summed E-state index contributed by atoms with van der Waals surface area (Å²) >= 11 is 0. The standard InChI is InChI=1S/C9H12N4O2/c1-2-6(14)3-13-5-12-7-8(13)10-4-11-9(7)15/h4-6,14H,2-3H2,1H3,(H,10,11,15)/t6-/m1/s1. The number of aromatic nitrogens is 4. The van der Waals surface area contributed by atoms with Crippen molar-refractivity contribution in [3.8, 4) is 0 Å². The maximum absolute atomic E-state index is 11.3. The van der Waals surface area contributed by atoms with Crippen LogP contribution in [0, 0.1) is 0 Å². The summed E-state index contributed by atoms with van der Waals surface area (Å²) in [6, 6.07) is 0. The Kier molecular flexibility index (Phi) is 2.51. The molecule has 0 saturated carbocycles. The molecular formula is C9H12N4O2. The van der Waals surface area contributed by atoms with Crippen LogP contribution in [-0.2, 0) is 6.54 Å². The second-order valence-corrected chi connectivity index (χ2v) is 3.36. The first-order chi connectivity index (χ1) is 7.22. The van der Waals surface area contributed by atoms with Gasteiger partial charge in [-0.1, -0.05) is 6.92 Å². The lowest BCUT2D eigenvalue weighted by Gasteiger charge is -2.08. The maximum Gasteiger partial charge on any atom is 0.278 e. The van der Waals surface area contributed by atoms with E-state index in [-0.39, 0.29) is 5.56 Å². The fraction of sp³-hybridized carbons (Fsp3) is 0.444. The second kappa shape index (κ2) is 3.82. The van der Waals surface area contributed by atoms with Crippen LogP contribution in [0.15, 0.2) is 17.4 Å². The van der Waals surface area contributed by atoms with Crippen molar-refractivity contribution in [1.82, 2.24) is 19.5 Å². The van der Waals surface area contributed by atoms with Crippen LogP contribution in [0.1, 0.15) is 13.3 Å². The minimum absolute atomic E-state index is 0.260. The molecule has 2 aromatic heterocycles. The fourth-order valence-corrected chi connectivity index (χ4v) is 1.38. The first-order valence-corrected chi connectivity index (χ1v) is 4.79. The van der Waals surface area contributed by atoms with E-state index in [1.807, 2.05) is 6.92 Å². The van der Waals surface area contributed by atoms with Crippen molar-refractivity contribution in [3.63, 3.8) is 0 Å². The summed E-state index contributed by atoms with van der Waals surface area (Å²) in [6.45, 7) is 2.30. The van der Waals surface area contributed by atoms with E-state index in [4.69, 9.17) is 0 Å². The molecule has 0 aliphatic rings. The molecule has 1 atom stereocenters. The predicted molar refractivity (Wildman–Crippen MR) is 54.4 cm³/mol. The van der Waals surface area contributed by atoms with Gasteiger partial charge in [-0.15, -0.1) is 0 Å². The normalized spacial score (nSPS) is 13.2. The molecule has 6 heteroatoms. The highest BCUT2D eigenvalue weighted by atomic mass is 16.3. The maximum atomic E-state index is 11.3. The molecule has 0 amide bonds. The highest BCUT2D eigenvalue weighted by molar-refractivity contribution is 5.68. The quantitative estimate of drug-likeness (QED) is 0.737. The van der Waals surface area contributed by atoms with Crippen LogP contribution >= 0.6 is 0 Å². The molecule has 2 heterocycles. The molecule has 6 nitrogen and oxygen atoms in total. The Morgan fingerprint density at radius 1 is 1.60 bits per heavy atom. The Hall–Kier alpha value is -1.69. The number of nitrogens with zero attached hydrogens (tertiary/aromatic N) is 3. The molecule has 2 rings (SSSR count). The molecule has 0 aliphatic heterocycles. The number of aromatic amines is 1. The van der Waals surface area contributed by atoms with Crippen molar-refractivity contribution in [2.45, 2.75) is 26.0 Å². The molecular weight excluding hydrogens is 196 g/mol. The van der Waals surface area contributed by atoms with Crippen LogP contribution in [0.5, 0.6) is 0 Å². The largest absolute Gasteiger partial charge is 0.391 e. The van der Waals surface area contributed by atoms with Gasteiger partial charge in [0.05, 0.1) is 25.3 Å². The van der Waals surface area contributed by atoms with E-state index in [0.29, 0.717) is 24.1 Å². The van der Waals surface area contributed by atoms with E-state index in [9.17, 15) is 9.90 Å². The van der Waals surface area contributed by atoms with Crippen LogP contribution in [0.2, 0.25) is 0 Å². The van der Waals surface area contributed by atoms with Gasteiger partial charge in [-0.05, 0) is 6.42 Å².